The second-order valence-corrected chi connectivity index (χ2v) is 6.78. The Morgan fingerprint density at radius 3 is 2.25 bits per heavy atom. The first-order valence-electron chi connectivity index (χ1n) is 6.97. The molecule has 0 radical (unpaired) electrons. The third-order valence-corrected chi connectivity index (χ3v) is 4.13. The van der Waals surface area contributed by atoms with Gasteiger partial charge >= 0.3 is 0 Å². The molecule has 0 aliphatic carbocycles. The zero-order valence-corrected chi connectivity index (χ0v) is 14.9. The lowest BCUT2D eigenvalue weighted by Gasteiger charge is -2.28. The highest BCUT2D eigenvalue weighted by molar-refractivity contribution is 9.10. The summed E-state index contributed by atoms with van der Waals surface area (Å²) in [5, 5.41) is 3.47. The predicted octanol–water partition coefficient (Wildman–Crippen LogP) is 4.13. The fraction of sp³-hybridized carbons (Fsp3) is 0.625. The molecular weight excluding hydrogens is 318 g/mol. The van der Waals surface area contributed by atoms with E-state index in [0.29, 0.717) is 6.04 Å². The molecule has 4 heteroatoms. The van der Waals surface area contributed by atoms with Gasteiger partial charge in [0, 0.05) is 11.6 Å². The van der Waals surface area contributed by atoms with Crippen molar-refractivity contribution in [1.29, 1.82) is 0 Å². The van der Waals surface area contributed by atoms with Crippen molar-refractivity contribution in [2.75, 3.05) is 20.8 Å². The van der Waals surface area contributed by atoms with Crippen molar-refractivity contribution >= 4 is 15.9 Å². The van der Waals surface area contributed by atoms with Gasteiger partial charge in [0.25, 0.3) is 0 Å². The number of hydrogen-bond donors (Lipinski definition) is 1. The lowest BCUT2D eigenvalue weighted by Crippen LogP contribution is -2.29. The first-order valence-corrected chi connectivity index (χ1v) is 7.76. The van der Waals surface area contributed by atoms with E-state index in [9.17, 15) is 0 Å². The first-order chi connectivity index (χ1) is 9.31. The van der Waals surface area contributed by atoms with Gasteiger partial charge in [0.1, 0.15) is 11.5 Å². The molecule has 0 fully saturated rings. The largest absolute Gasteiger partial charge is 0.496 e. The van der Waals surface area contributed by atoms with E-state index in [4.69, 9.17) is 9.47 Å². The lowest BCUT2D eigenvalue weighted by molar-refractivity contribution is 0.371. The molecule has 0 atom stereocenters. The molecule has 0 saturated carbocycles. The number of ether oxygens (including phenoxy) is 2. The van der Waals surface area contributed by atoms with Gasteiger partial charge in [-0.25, -0.2) is 0 Å². The fourth-order valence-electron chi connectivity index (χ4n) is 2.20. The number of hydrogen-bond acceptors (Lipinski definition) is 3. The molecule has 0 unspecified atom stereocenters. The summed E-state index contributed by atoms with van der Waals surface area (Å²) < 4.78 is 11.9. The third-order valence-electron chi connectivity index (χ3n) is 3.51. The van der Waals surface area contributed by atoms with Crippen LogP contribution in [0, 0.1) is 0 Å². The Labute approximate surface area is 131 Å². The van der Waals surface area contributed by atoms with E-state index in [2.05, 4.69) is 55.0 Å². The molecule has 0 aliphatic heterocycles. The smallest absolute Gasteiger partial charge is 0.133 e. The van der Waals surface area contributed by atoms with Gasteiger partial charge in [-0.05, 0) is 46.4 Å². The number of methoxy groups -OCH3 is 2. The van der Waals surface area contributed by atoms with E-state index in [-0.39, 0.29) is 5.41 Å². The minimum Gasteiger partial charge on any atom is -0.496 e. The SMILES string of the molecule is COc1cc(C(C)(C)CCNC(C)C)c(OC)cc1Br. The Bertz CT molecular complexity index is 444. The van der Waals surface area contributed by atoms with Crippen LogP contribution in [0.5, 0.6) is 11.5 Å². The van der Waals surface area contributed by atoms with Gasteiger partial charge in [-0.15, -0.1) is 0 Å². The Morgan fingerprint density at radius 2 is 1.75 bits per heavy atom. The lowest BCUT2D eigenvalue weighted by atomic mass is 9.80. The number of nitrogens with one attached hydrogen (secondary N) is 1. The van der Waals surface area contributed by atoms with E-state index in [0.717, 1.165) is 28.9 Å². The van der Waals surface area contributed by atoms with Crippen LogP contribution in [0.1, 0.15) is 39.7 Å². The molecule has 0 spiro atoms. The number of rotatable bonds is 7. The average Bonchev–Trinajstić information content (AvgIpc) is 2.37. The maximum absolute atomic E-state index is 5.53. The maximum Gasteiger partial charge on any atom is 0.133 e. The van der Waals surface area contributed by atoms with Crippen LogP contribution in [0.4, 0.5) is 0 Å². The van der Waals surface area contributed by atoms with Gasteiger partial charge in [0.2, 0.25) is 0 Å². The molecule has 1 N–H and O–H groups in total. The van der Waals surface area contributed by atoms with Crippen LogP contribution in [-0.2, 0) is 5.41 Å². The molecule has 1 aromatic rings. The molecule has 1 rings (SSSR count). The Morgan fingerprint density at radius 1 is 1.15 bits per heavy atom. The highest BCUT2D eigenvalue weighted by Gasteiger charge is 2.26. The minimum absolute atomic E-state index is 0.0151. The van der Waals surface area contributed by atoms with Crippen molar-refractivity contribution in [2.45, 2.75) is 45.6 Å². The summed E-state index contributed by atoms with van der Waals surface area (Å²) in [5.74, 6) is 1.73. The summed E-state index contributed by atoms with van der Waals surface area (Å²) >= 11 is 3.50. The molecular formula is C16H26BrNO2. The quantitative estimate of drug-likeness (QED) is 0.807. The van der Waals surface area contributed by atoms with Crippen LogP contribution >= 0.6 is 15.9 Å². The zero-order chi connectivity index (χ0) is 15.3. The molecule has 0 bridgehead atoms. The average molecular weight is 344 g/mol. The van der Waals surface area contributed by atoms with Crippen molar-refractivity contribution in [3.63, 3.8) is 0 Å². The number of halogens is 1. The molecule has 0 saturated heterocycles. The van der Waals surface area contributed by atoms with Crippen molar-refractivity contribution < 1.29 is 9.47 Å². The van der Waals surface area contributed by atoms with Crippen molar-refractivity contribution in [1.82, 2.24) is 5.32 Å². The molecule has 0 aliphatic rings. The minimum atomic E-state index is 0.0151. The fourth-order valence-corrected chi connectivity index (χ4v) is 2.68. The van der Waals surface area contributed by atoms with Crippen molar-refractivity contribution in [3.8, 4) is 11.5 Å². The van der Waals surface area contributed by atoms with Gasteiger partial charge in [-0.3, -0.25) is 0 Å². The summed E-state index contributed by atoms with van der Waals surface area (Å²) in [6, 6.07) is 4.55. The molecule has 0 amide bonds. The second kappa shape index (κ2) is 7.32. The summed E-state index contributed by atoms with van der Waals surface area (Å²) in [6.07, 6.45) is 1.03. The van der Waals surface area contributed by atoms with Crippen LogP contribution < -0.4 is 14.8 Å². The molecule has 0 heterocycles. The monoisotopic (exact) mass is 343 g/mol. The van der Waals surface area contributed by atoms with Crippen LogP contribution in [-0.4, -0.2) is 26.8 Å². The predicted molar refractivity (Wildman–Crippen MR) is 88.0 cm³/mol. The van der Waals surface area contributed by atoms with Gasteiger partial charge in [-0.2, -0.15) is 0 Å². The van der Waals surface area contributed by atoms with Gasteiger partial charge in [-0.1, -0.05) is 27.7 Å². The Hall–Kier alpha value is -0.740. The van der Waals surface area contributed by atoms with Crippen LogP contribution in [0.15, 0.2) is 16.6 Å². The van der Waals surface area contributed by atoms with E-state index in [1.54, 1.807) is 14.2 Å². The zero-order valence-electron chi connectivity index (χ0n) is 13.3. The van der Waals surface area contributed by atoms with Crippen molar-refractivity contribution in [2.24, 2.45) is 0 Å². The van der Waals surface area contributed by atoms with Gasteiger partial charge in [0.15, 0.2) is 0 Å². The third kappa shape index (κ3) is 4.38. The Kier molecular flexibility index (Phi) is 6.34. The van der Waals surface area contributed by atoms with Crippen LogP contribution in [0.3, 0.4) is 0 Å². The molecule has 3 nitrogen and oxygen atoms in total. The van der Waals surface area contributed by atoms with Gasteiger partial charge in [0.05, 0.1) is 18.7 Å². The molecule has 114 valence electrons. The van der Waals surface area contributed by atoms with E-state index < -0.39 is 0 Å². The molecule has 20 heavy (non-hydrogen) atoms. The maximum atomic E-state index is 5.53. The van der Waals surface area contributed by atoms with Gasteiger partial charge < -0.3 is 14.8 Å². The topological polar surface area (TPSA) is 30.5 Å². The standard InChI is InChI=1S/C16H26BrNO2/c1-11(2)18-8-7-16(3,4)12-9-15(20-6)13(17)10-14(12)19-5/h9-11,18H,7-8H2,1-6H3. The summed E-state index contributed by atoms with van der Waals surface area (Å²) in [6.45, 7) is 9.78. The highest BCUT2D eigenvalue weighted by atomic mass is 79.9. The number of benzene rings is 1. The Balaban J connectivity index is 3.02. The summed E-state index contributed by atoms with van der Waals surface area (Å²) in [5.41, 5.74) is 1.19. The van der Waals surface area contributed by atoms with E-state index >= 15 is 0 Å². The second-order valence-electron chi connectivity index (χ2n) is 5.93. The van der Waals surface area contributed by atoms with E-state index in [1.807, 2.05) is 6.07 Å². The summed E-state index contributed by atoms with van der Waals surface area (Å²) in [4.78, 5) is 0. The van der Waals surface area contributed by atoms with Crippen LogP contribution in [0.25, 0.3) is 0 Å². The first kappa shape index (κ1) is 17.3. The van der Waals surface area contributed by atoms with E-state index in [1.165, 1.54) is 5.56 Å². The molecule has 1 aromatic carbocycles. The normalized spacial score (nSPS) is 11.8. The van der Waals surface area contributed by atoms with Crippen LogP contribution in [0.2, 0.25) is 0 Å². The molecule has 0 aromatic heterocycles. The summed E-state index contributed by atoms with van der Waals surface area (Å²) in [7, 11) is 3.39. The van der Waals surface area contributed by atoms with Crippen molar-refractivity contribution in [3.05, 3.63) is 22.2 Å². The highest BCUT2D eigenvalue weighted by Crippen LogP contribution is 2.40.